The first-order chi connectivity index (χ1) is 8.22. The maximum absolute atomic E-state index is 8.91. The Morgan fingerprint density at radius 2 is 2.41 bits per heavy atom. The summed E-state index contributed by atoms with van der Waals surface area (Å²) >= 11 is 0. The fourth-order valence-corrected chi connectivity index (χ4v) is 2.47. The number of aliphatic hydroxyl groups excluding tert-OH is 1. The Kier molecular flexibility index (Phi) is 3.84. The fourth-order valence-electron chi connectivity index (χ4n) is 2.47. The van der Waals surface area contributed by atoms with Crippen molar-refractivity contribution in [1.29, 1.82) is 0 Å². The summed E-state index contributed by atoms with van der Waals surface area (Å²) in [6.45, 7) is 3.35. The van der Waals surface area contributed by atoms with Gasteiger partial charge >= 0.3 is 0 Å². The summed E-state index contributed by atoms with van der Waals surface area (Å²) in [6.07, 6.45) is 6.06. The second-order valence-corrected chi connectivity index (χ2v) is 4.75. The number of rotatable bonds is 4. The van der Waals surface area contributed by atoms with Crippen LogP contribution in [0.3, 0.4) is 0 Å². The van der Waals surface area contributed by atoms with Gasteiger partial charge in [0.1, 0.15) is 5.82 Å². The van der Waals surface area contributed by atoms with Crippen LogP contribution in [-0.4, -0.2) is 29.3 Å². The molecule has 4 nitrogen and oxygen atoms in total. The molecule has 4 heteroatoms. The van der Waals surface area contributed by atoms with E-state index in [-0.39, 0.29) is 6.61 Å². The first-order valence-corrected chi connectivity index (χ1v) is 6.32. The highest BCUT2D eigenvalue weighted by molar-refractivity contribution is 5.53. The maximum atomic E-state index is 8.91. The molecular formula is C13H21N3O. The van der Waals surface area contributed by atoms with Gasteiger partial charge in [-0.3, -0.25) is 0 Å². The summed E-state index contributed by atoms with van der Waals surface area (Å²) in [4.78, 5) is 6.77. The van der Waals surface area contributed by atoms with Gasteiger partial charge in [0, 0.05) is 19.2 Å². The van der Waals surface area contributed by atoms with Crippen LogP contribution in [0, 0.1) is 6.92 Å². The lowest BCUT2D eigenvalue weighted by molar-refractivity contribution is 0.279. The third-order valence-corrected chi connectivity index (χ3v) is 3.50. The van der Waals surface area contributed by atoms with Crippen molar-refractivity contribution in [3.63, 3.8) is 0 Å². The number of aliphatic hydroxyl groups is 1. The van der Waals surface area contributed by atoms with Crippen LogP contribution in [0.25, 0.3) is 0 Å². The summed E-state index contributed by atoms with van der Waals surface area (Å²) in [6, 6.07) is 2.59. The normalized spacial score (nSPS) is 19.9. The van der Waals surface area contributed by atoms with Crippen LogP contribution in [0.15, 0.2) is 12.3 Å². The summed E-state index contributed by atoms with van der Waals surface area (Å²) in [5, 5.41) is 8.91. The standard InChI is InChI=1S/C13H21N3O/c1-10-8-13(15-9-12(10)14)16-6-2-4-11(16)5-3-7-17/h8-9,11,17H,2-7,14H2,1H3. The monoisotopic (exact) mass is 235 g/mol. The van der Waals surface area contributed by atoms with Gasteiger partial charge in [-0.05, 0) is 44.2 Å². The highest BCUT2D eigenvalue weighted by atomic mass is 16.2. The number of nitrogens with two attached hydrogens (primary N) is 1. The molecule has 2 heterocycles. The maximum Gasteiger partial charge on any atom is 0.129 e. The van der Waals surface area contributed by atoms with Gasteiger partial charge in [-0.15, -0.1) is 0 Å². The van der Waals surface area contributed by atoms with Gasteiger partial charge < -0.3 is 15.7 Å². The zero-order chi connectivity index (χ0) is 12.3. The minimum Gasteiger partial charge on any atom is -0.397 e. The lowest BCUT2D eigenvalue weighted by Gasteiger charge is -2.26. The van der Waals surface area contributed by atoms with Crippen LogP contribution in [0.5, 0.6) is 0 Å². The van der Waals surface area contributed by atoms with Crippen LogP contribution in [0.4, 0.5) is 11.5 Å². The number of nitrogens with zero attached hydrogens (tertiary/aromatic N) is 2. The molecule has 0 aliphatic carbocycles. The number of nitrogen functional groups attached to an aromatic ring is 1. The van der Waals surface area contributed by atoms with Crippen LogP contribution >= 0.6 is 0 Å². The van der Waals surface area contributed by atoms with Crippen molar-refractivity contribution in [2.75, 3.05) is 23.8 Å². The van der Waals surface area contributed by atoms with Crippen molar-refractivity contribution in [2.24, 2.45) is 0 Å². The smallest absolute Gasteiger partial charge is 0.129 e. The molecule has 1 aliphatic heterocycles. The van der Waals surface area contributed by atoms with E-state index in [1.807, 2.05) is 6.92 Å². The van der Waals surface area contributed by atoms with Gasteiger partial charge in [-0.2, -0.15) is 0 Å². The SMILES string of the molecule is Cc1cc(N2CCCC2CCCO)ncc1N. The van der Waals surface area contributed by atoms with E-state index in [4.69, 9.17) is 10.8 Å². The Bertz CT molecular complexity index is 381. The van der Waals surface area contributed by atoms with E-state index >= 15 is 0 Å². The minimum absolute atomic E-state index is 0.276. The van der Waals surface area contributed by atoms with Crippen molar-refractivity contribution >= 4 is 11.5 Å². The molecule has 1 saturated heterocycles. The lowest BCUT2D eigenvalue weighted by atomic mass is 10.1. The fraction of sp³-hybridized carbons (Fsp3) is 0.615. The molecule has 17 heavy (non-hydrogen) atoms. The Morgan fingerprint density at radius 3 is 3.12 bits per heavy atom. The molecule has 94 valence electrons. The van der Waals surface area contributed by atoms with Gasteiger partial charge in [0.05, 0.1) is 11.9 Å². The molecular weight excluding hydrogens is 214 g/mol. The summed E-state index contributed by atoms with van der Waals surface area (Å²) in [5.41, 5.74) is 7.62. The highest BCUT2D eigenvalue weighted by Gasteiger charge is 2.25. The summed E-state index contributed by atoms with van der Waals surface area (Å²) < 4.78 is 0. The second kappa shape index (κ2) is 5.36. The zero-order valence-electron chi connectivity index (χ0n) is 10.4. The van der Waals surface area contributed by atoms with Gasteiger partial charge in [0.2, 0.25) is 0 Å². The van der Waals surface area contributed by atoms with Gasteiger partial charge in [0.15, 0.2) is 0 Å². The van der Waals surface area contributed by atoms with Crippen LogP contribution < -0.4 is 10.6 Å². The predicted octanol–water partition coefficient (Wildman–Crippen LogP) is 1.71. The molecule has 0 aromatic carbocycles. The molecule has 2 rings (SSSR count). The number of hydrogen-bond acceptors (Lipinski definition) is 4. The predicted molar refractivity (Wildman–Crippen MR) is 70.1 cm³/mol. The molecule has 3 N–H and O–H groups in total. The first kappa shape index (κ1) is 12.2. The van der Waals surface area contributed by atoms with Crippen molar-refractivity contribution < 1.29 is 5.11 Å². The number of anilines is 2. The van der Waals surface area contributed by atoms with E-state index in [0.29, 0.717) is 6.04 Å². The molecule has 1 unspecified atom stereocenters. The zero-order valence-corrected chi connectivity index (χ0v) is 10.4. The Balaban J connectivity index is 2.11. The summed E-state index contributed by atoms with van der Waals surface area (Å²) in [7, 11) is 0. The van der Waals surface area contributed by atoms with E-state index in [9.17, 15) is 0 Å². The van der Waals surface area contributed by atoms with Crippen molar-refractivity contribution in [1.82, 2.24) is 4.98 Å². The van der Waals surface area contributed by atoms with E-state index in [0.717, 1.165) is 36.5 Å². The van der Waals surface area contributed by atoms with Crippen LogP contribution in [-0.2, 0) is 0 Å². The molecule has 1 aliphatic rings. The highest BCUT2D eigenvalue weighted by Crippen LogP contribution is 2.27. The van der Waals surface area contributed by atoms with Crippen LogP contribution in [0.2, 0.25) is 0 Å². The third-order valence-electron chi connectivity index (χ3n) is 3.50. The number of hydrogen-bond donors (Lipinski definition) is 2. The molecule has 0 amide bonds. The largest absolute Gasteiger partial charge is 0.397 e. The quantitative estimate of drug-likeness (QED) is 0.834. The second-order valence-electron chi connectivity index (χ2n) is 4.75. The average molecular weight is 235 g/mol. The number of aromatic nitrogens is 1. The minimum atomic E-state index is 0.276. The molecule has 1 fully saturated rings. The van der Waals surface area contributed by atoms with Crippen molar-refractivity contribution in [3.05, 3.63) is 17.8 Å². The number of aryl methyl sites for hydroxylation is 1. The lowest BCUT2D eigenvalue weighted by Crippen LogP contribution is -2.30. The molecule has 0 radical (unpaired) electrons. The number of pyridine rings is 1. The Hall–Kier alpha value is -1.29. The van der Waals surface area contributed by atoms with E-state index in [2.05, 4.69) is 16.0 Å². The molecule has 1 aromatic heterocycles. The van der Waals surface area contributed by atoms with E-state index < -0.39 is 0 Å². The molecule has 0 bridgehead atoms. The van der Waals surface area contributed by atoms with E-state index in [1.165, 1.54) is 12.8 Å². The first-order valence-electron chi connectivity index (χ1n) is 6.32. The topological polar surface area (TPSA) is 62.4 Å². The molecule has 1 atom stereocenters. The van der Waals surface area contributed by atoms with Crippen molar-refractivity contribution in [2.45, 2.75) is 38.6 Å². The van der Waals surface area contributed by atoms with Gasteiger partial charge in [0.25, 0.3) is 0 Å². The van der Waals surface area contributed by atoms with Crippen LogP contribution in [0.1, 0.15) is 31.2 Å². The van der Waals surface area contributed by atoms with Gasteiger partial charge in [-0.25, -0.2) is 4.98 Å². The molecule has 0 spiro atoms. The Labute approximate surface area is 102 Å². The average Bonchev–Trinajstić information content (AvgIpc) is 2.78. The summed E-state index contributed by atoms with van der Waals surface area (Å²) in [5.74, 6) is 1.03. The van der Waals surface area contributed by atoms with Crippen molar-refractivity contribution in [3.8, 4) is 0 Å². The molecule has 0 saturated carbocycles. The van der Waals surface area contributed by atoms with E-state index in [1.54, 1.807) is 6.20 Å². The third kappa shape index (κ3) is 2.69. The van der Waals surface area contributed by atoms with Gasteiger partial charge in [-0.1, -0.05) is 0 Å². The Morgan fingerprint density at radius 1 is 1.59 bits per heavy atom. The molecule has 1 aromatic rings.